The van der Waals surface area contributed by atoms with Crippen molar-refractivity contribution in [3.8, 4) is 16.9 Å². The topological polar surface area (TPSA) is 114 Å². The third-order valence-corrected chi connectivity index (χ3v) is 5.57. The number of carbonyl (C=O) groups is 1. The number of aromatic hydroxyl groups is 1. The van der Waals surface area contributed by atoms with Crippen molar-refractivity contribution in [2.75, 3.05) is 11.1 Å². The molecule has 30 heavy (non-hydrogen) atoms. The lowest BCUT2D eigenvalue weighted by Gasteiger charge is -2.09. The first-order chi connectivity index (χ1) is 14.4. The van der Waals surface area contributed by atoms with Crippen molar-refractivity contribution >= 4 is 44.8 Å². The number of phenols is 1. The lowest BCUT2D eigenvalue weighted by Crippen LogP contribution is -2.29. The minimum absolute atomic E-state index is 0.0753. The Morgan fingerprint density at radius 1 is 1.17 bits per heavy atom. The zero-order chi connectivity index (χ0) is 21.3. The maximum absolute atomic E-state index is 12.3. The van der Waals surface area contributed by atoms with Crippen molar-refractivity contribution < 1.29 is 14.9 Å². The second-order valence-corrected chi connectivity index (χ2v) is 8.29. The van der Waals surface area contributed by atoms with E-state index in [-0.39, 0.29) is 17.7 Å². The molecule has 0 aliphatic rings. The van der Waals surface area contributed by atoms with E-state index in [1.165, 1.54) is 11.3 Å². The van der Waals surface area contributed by atoms with E-state index in [9.17, 15) is 9.90 Å². The highest BCUT2D eigenvalue weighted by atomic mass is 32.1. The number of nitrogens with two attached hydrogens (primary N) is 1. The zero-order valence-corrected chi connectivity index (χ0v) is 17.4. The van der Waals surface area contributed by atoms with Gasteiger partial charge < -0.3 is 15.7 Å². The van der Waals surface area contributed by atoms with E-state index in [0.29, 0.717) is 22.2 Å². The van der Waals surface area contributed by atoms with Gasteiger partial charge in [-0.25, -0.2) is 4.98 Å². The van der Waals surface area contributed by atoms with Crippen LogP contribution in [0.15, 0.2) is 54.7 Å². The molecule has 2 aromatic carbocycles. The van der Waals surface area contributed by atoms with Gasteiger partial charge in [0.25, 0.3) is 5.91 Å². The van der Waals surface area contributed by atoms with Gasteiger partial charge in [-0.15, -0.1) is 11.3 Å². The van der Waals surface area contributed by atoms with Crippen molar-refractivity contribution in [1.29, 1.82) is 0 Å². The number of H-pyrrole nitrogens is 1. The number of hydrogen-bond acceptors (Lipinski definition) is 6. The van der Waals surface area contributed by atoms with Crippen molar-refractivity contribution in [2.24, 2.45) is 0 Å². The molecule has 8 heteroatoms. The van der Waals surface area contributed by atoms with E-state index in [4.69, 9.17) is 5.73 Å². The van der Waals surface area contributed by atoms with Crippen LogP contribution in [0.25, 0.3) is 21.2 Å². The molecule has 0 fully saturated rings. The lowest BCUT2D eigenvalue weighted by atomic mass is 10.0. The Morgan fingerprint density at radius 3 is 2.77 bits per heavy atom. The fourth-order valence-electron chi connectivity index (χ4n) is 3.12. The molecule has 0 saturated carbocycles. The monoisotopic (exact) mass is 420 g/mol. The first kappa shape index (κ1) is 19.7. The summed E-state index contributed by atoms with van der Waals surface area (Å²) in [4.78, 5) is 20.0. The Bertz CT molecular complexity index is 1240. The van der Waals surface area contributed by atoms with E-state index in [0.717, 1.165) is 21.3 Å². The maximum atomic E-state index is 12.3. The van der Waals surface area contributed by atoms with Gasteiger partial charge in [0, 0.05) is 28.1 Å². The molecule has 0 atom stereocenters. The molecule has 0 saturated heterocycles. The number of carbonyl (C=O) groups excluding carboxylic acids is 1. The second kappa shape index (κ2) is 8.00. The Balaban J connectivity index is 1.66. The summed E-state index contributed by atoms with van der Waals surface area (Å²) in [5.41, 5.74) is 7.98. The van der Waals surface area contributed by atoms with Gasteiger partial charge >= 0.3 is 5.95 Å². The van der Waals surface area contributed by atoms with Gasteiger partial charge in [-0.2, -0.15) is 0 Å². The van der Waals surface area contributed by atoms with Gasteiger partial charge in [-0.1, -0.05) is 11.1 Å². The molecule has 7 nitrogen and oxygen atoms in total. The Morgan fingerprint density at radius 2 is 2.00 bits per heavy atom. The quantitative estimate of drug-likeness (QED) is 0.365. The molecule has 1 amide bonds. The fourth-order valence-corrected chi connectivity index (χ4v) is 4.07. The third-order valence-electron chi connectivity index (χ3n) is 4.45. The highest BCUT2D eigenvalue weighted by Crippen LogP contribution is 2.36. The number of fused-ring (bicyclic) bond motifs is 1. The Labute approximate surface area is 177 Å². The predicted molar refractivity (Wildman–Crippen MR) is 120 cm³/mol. The van der Waals surface area contributed by atoms with Crippen molar-refractivity contribution in [1.82, 2.24) is 10.3 Å². The summed E-state index contributed by atoms with van der Waals surface area (Å²) >= 11 is 1.45. The van der Waals surface area contributed by atoms with Crippen LogP contribution in [-0.2, 0) is 0 Å². The zero-order valence-electron chi connectivity index (χ0n) is 16.6. The average Bonchev–Trinajstić information content (AvgIpc) is 3.12. The number of nitrogens with one attached hydrogen (secondary N) is 3. The molecule has 2 aromatic heterocycles. The summed E-state index contributed by atoms with van der Waals surface area (Å²) in [6.45, 7) is 3.87. The first-order valence-electron chi connectivity index (χ1n) is 9.48. The Hall–Kier alpha value is -3.65. The normalized spacial score (nSPS) is 11.0. The van der Waals surface area contributed by atoms with Crippen molar-refractivity contribution in [3.63, 3.8) is 0 Å². The average molecular weight is 421 g/mol. The van der Waals surface area contributed by atoms with Gasteiger partial charge in [-0.05, 0) is 61.2 Å². The number of amides is 1. The number of nitrogens with zero attached hydrogens (tertiary/aromatic N) is 1. The van der Waals surface area contributed by atoms with Crippen LogP contribution in [0.2, 0.25) is 0 Å². The molecule has 4 rings (SSSR count). The van der Waals surface area contributed by atoms with Crippen LogP contribution in [0, 0.1) is 0 Å². The molecule has 4 aromatic rings. The fraction of sp³-hybridized carbons (Fsp3) is 0.136. The van der Waals surface area contributed by atoms with E-state index in [1.54, 1.807) is 24.4 Å². The molecule has 0 unspecified atom stereocenters. The number of thiophene rings is 1. The number of aromatic amines is 1. The summed E-state index contributed by atoms with van der Waals surface area (Å²) in [5, 5.41) is 17.5. The molecular weight excluding hydrogens is 398 g/mol. The molecule has 0 bridgehead atoms. The summed E-state index contributed by atoms with van der Waals surface area (Å²) < 4.78 is 1.02. The predicted octanol–water partition coefficient (Wildman–Crippen LogP) is 3.95. The minimum Gasteiger partial charge on any atom is -0.507 e. The van der Waals surface area contributed by atoms with Gasteiger partial charge in [0.05, 0.1) is 11.1 Å². The maximum Gasteiger partial charge on any atom is 0.388 e. The minimum atomic E-state index is -0.0753. The number of anilines is 3. The standard InChI is InChI=1S/C22H21N5O2S/c1-12(2)25-21(29)19-10-14-9-13(3-6-18(14)30-19)16-11-15(4-5-17(16)28)26-20-7-8-24-22(23)27-20/h3-12,28H,1-2H3,(H,25,29)(H3,23,24,26,27)/p+1. The number of rotatable bonds is 5. The molecule has 2 heterocycles. The summed E-state index contributed by atoms with van der Waals surface area (Å²) in [6, 6.07) is 14.9. The molecule has 152 valence electrons. The molecule has 6 N–H and O–H groups in total. The van der Waals surface area contributed by atoms with Gasteiger partial charge in [0.1, 0.15) is 5.75 Å². The number of hydrogen-bond donors (Lipinski definition) is 4. The highest BCUT2D eigenvalue weighted by molar-refractivity contribution is 7.20. The van der Waals surface area contributed by atoms with Crippen molar-refractivity contribution in [3.05, 3.63) is 59.6 Å². The van der Waals surface area contributed by atoms with Crippen molar-refractivity contribution in [2.45, 2.75) is 19.9 Å². The first-order valence-corrected chi connectivity index (χ1v) is 10.3. The number of aromatic nitrogens is 2. The number of nitrogen functional groups attached to an aromatic ring is 1. The van der Waals surface area contributed by atoms with Crippen LogP contribution in [0.4, 0.5) is 17.5 Å². The van der Waals surface area contributed by atoms with E-state index < -0.39 is 0 Å². The number of phenolic OH excluding ortho intramolecular Hbond substituents is 1. The highest BCUT2D eigenvalue weighted by Gasteiger charge is 2.13. The van der Waals surface area contributed by atoms with E-state index >= 15 is 0 Å². The SMILES string of the molecule is CC(C)NC(=O)c1cc2cc(-c3cc(Nc4cc[nH+]c(N)n4)ccc3O)ccc2s1. The molecule has 0 spiro atoms. The van der Waals surface area contributed by atoms with E-state index in [2.05, 4.69) is 20.6 Å². The largest absolute Gasteiger partial charge is 0.507 e. The van der Waals surface area contributed by atoms with Crippen LogP contribution in [0.5, 0.6) is 5.75 Å². The lowest BCUT2D eigenvalue weighted by molar-refractivity contribution is -0.364. The van der Waals surface area contributed by atoms with Gasteiger partial charge in [-0.3, -0.25) is 10.5 Å². The Kier molecular flexibility index (Phi) is 5.24. The molecule has 0 radical (unpaired) electrons. The van der Waals surface area contributed by atoms with Crippen LogP contribution >= 0.6 is 11.3 Å². The summed E-state index contributed by atoms with van der Waals surface area (Å²) in [6.07, 6.45) is 1.70. The van der Waals surface area contributed by atoms with Crippen LogP contribution in [-0.4, -0.2) is 22.0 Å². The van der Waals surface area contributed by atoms with Gasteiger partial charge in [0.15, 0.2) is 0 Å². The molecular formula is C22H22N5O2S+. The molecule has 0 aliphatic carbocycles. The van der Waals surface area contributed by atoms with Crippen LogP contribution in [0.3, 0.4) is 0 Å². The smallest absolute Gasteiger partial charge is 0.388 e. The number of benzene rings is 2. The molecule has 0 aliphatic heterocycles. The van der Waals surface area contributed by atoms with Gasteiger partial charge in [0.2, 0.25) is 5.82 Å². The second-order valence-electron chi connectivity index (χ2n) is 7.21. The van der Waals surface area contributed by atoms with Crippen LogP contribution < -0.4 is 21.4 Å². The summed E-state index contributed by atoms with van der Waals surface area (Å²) in [7, 11) is 0. The van der Waals surface area contributed by atoms with Crippen LogP contribution in [0.1, 0.15) is 23.5 Å². The van der Waals surface area contributed by atoms with E-state index in [1.807, 2.05) is 44.2 Å². The summed E-state index contributed by atoms with van der Waals surface area (Å²) in [5.74, 6) is 0.992. The third kappa shape index (κ3) is 4.18.